The summed E-state index contributed by atoms with van der Waals surface area (Å²) >= 11 is 0. The SMILES string of the molecule is Cc1ccc(OCCCN(C)C(=O)NC[C@H]2CN(C)CCO2)c(C)c1. The predicted molar refractivity (Wildman–Crippen MR) is 99.3 cm³/mol. The van der Waals surface area contributed by atoms with Crippen molar-refractivity contribution in [3.8, 4) is 5.75 Å². The van der Waals surface area contributed by atoms with Crippen molar-refractivity contribution < 1.29 is 14.3 Å². The van der Waals surface area contributed by atoms with Crippen molar-refractivity contribution in [2.45, 2.75) is 26.4 Å². The Labute approximate surface area is 151 Å². The summed E-state index contributed by atoms with van der Waals surface area (Å²) in [6.45, 7) is 8.45. The highest BCUT2D eigenvalue weighted by Crippen LogP contribution is 2.18. The molecule has 2 amide bonds. The second-order valence-corrected chi connectivity index (χ2v) is 6.83. The van der Waals surface area contributed by atoms with Crippen molar-refractivity contribution >= 4 is 6.03 Å². The molecule has 6 nitrogen and oxygen atoms in total. The molecule has 1 aliphatic rings. The quantitative estimate of drug-likeness (QED) is 0.766. The number of aryl methyl sites for hydroxylation is 2. The highest BCUT2D eigenvalue weighted by molar-refractivity contribution is 5.73. The van der Waals surface area contributed by atoms with E-state index in [1.807, 2.05) is 19.1 Å². The van der Waals surface area contributed by atoms with Crippen LogP contribution in [0.2, 0.25) is 0 Å². The molecule has 0 aromatic heterocycles. The Hall–Kier alpha value is -1.79. The van der Waals surface area contributed by atoms with Crippen molar-refractivity contribution in [2.75, 3.05) is 53.5 Å². The Balaban J connectivity index is 1.62. The minimum Gasteiger partial charge on any atom is -0.493 e. The van der Waals surface area contributed by atoms with Crippen molar-refractivity contribution in [1.29, 1.82) is 0 Å². The number of carbonyl (C=O) groups is 1. The molecule has 0 saturated carbocycles. The van der Waals surface area contributed by atoms with E-state index in [0.717, 1.165) is 37.4 Å². The maximum Gasteiger partial charge on any atom is 0.317 e. The van der Waals surface area contributed by atoms with E-state index in [0.29, 0.717) is 19.7 Å². The topological polar surface area (TPSA) is 54.0 Å². The molecule has 0 bridgehead atoms. The number of ether oxygens (including phenoxy) is 2. The van der Waals surface area contributed by atoms with Crippen LogP contribution < -0.4 is 10.1 Å². The normalized spacial score (nSPS) is 18.0. The number of nitrogens with one attached hydrogen (secondary N) is 1. The minimum absolute atomic E-state index is 0.0663. The van der Waals surface area contributed by atoms with Crippen LogP contribution >= 0.6 is 0 Å². The van der Waals surface area contributed by atoms with Gasteiger partial charge in [0.05, 0.1) is 19.3 Å². The molecule has 0 unspecified atom stereocenters. The molecule has 0 aliphatic carbocycles. The van der Waals surface area contributed by atoms with E-state index in [-0.39, 0.29) is 12.1 Å². The van der Waals surface area contributed by atoms with Crippen LogP contribution in [0.1, 0.15) is 17.5 Å². The molecule has 6 heteroatoms. The Kier molecular flexibility index (Phi) is 7.52. The van der Waals surface area contributed by atoms with Gasteiger partial charge in [0.25, 0.3) is 0 Å². The van der Waals surface area contributed by atoms with Crippen LogP contribution in [-0.2, 0) is 4.74 Å². The van der Waals surface area contributed by atoms with Gasteiger partial charge < -0.3 is 24.6 Å². The number of morpholine rings is 1. The number of likely N-dealkylation sites (N-methyl/N-ethyl adjacent to an activating group) is 1. The van der Waals surface area contributed by atoms with Crippen molar-refractivity contribution in [3.63, 3.8) is 0 Å². The average Bonchev–Trinajstić information content (AvgIpc) is 2.58. The molecule has 1 aromatic carbocycles. The third-order valence-electron chi connectivity index (χ3n) is 4.40. The van der Waals surface area contributed by atoms with Crippen molar-refractivity contribution in [1.82, 2.24) is 15.1 Å². The molecule has 1 aliphatic heterocycles. The number of hydrogen-bond acceptors (Lipinski definition) is 4. The van der Waals surface area contributed by atoms with Gasteiger partial charge >= 0.3 is 6.03 Å². The number of amides is 2. The van der Waals surface area contributed by atoms with E-state index in [1.54, 1.807) is 11.9 Å². The molecule has 1 atom stereocenters. The fourth-order valence-corrected chi connectivity index (χ4v) is 2.87. The van der Waals surface area contributed by atoms with Gasteiger partial charge in [0.1, 0.15) is 5.75 Å². The monoisotopic (exact) mass is 349 g/mol. The average molecular weight is 349 g/mol. The second kappa shape index (κ2) is 9.63. The van der Waals surface area contributed by atoms with Crippen LogP contribution in [0.15, 0.2) is 18.2 Å². The number of urea groups is 1. The lowest BCUT2D eigenvalue weighted by molar-refractivity contribution is -0.0171. The van der Waals surface area contributed by atoms with Gasteiger partial charge in [-0.1, -0.05) is 17.7 Å². The van der Waals surface area contributed by atoms with Gasteiger partial charge in [-0.25, -0.2) is 4.79 Å². The summed E-state index contributed by atoms with van der Waals surface area (Å²) in [7, 11) is 3.87. The number of hydrogen-bond donors (Lipinski definition) is 1. The Morgan fingerprint density at radius 1 is 1.44 bits per heavy atom. The molecule has 2 rings (SSSR count). The molecule has 1 aromatic rings. The van der Waals surface area contributed by atoms with Crippen molar-refractivity contribution in [3.05, 3.63) is 29.3 Å². The van der Waals surface area contributed by atoms with Crippen LogP contribution in [0.25, 0.3) is 0 Å². The van der Waals surface area contributed by atoms with Gasteiger partial charge in [-0.15, -0.1) is 0 Å². The smallest absolute Gasteiger partial charge is 0.317 e. The van der Waals surface area contributed by atoms with Crippen LogP contribution in [0.4, 0.5) is 4.79 Å². The van der Waals surface area contributed by atoms with E-state index in [9.17, 15) is 4.79 Å². The molecule has 25 heavy (non-hydrogen) atoms. The van der Waals surface area contributed by atoms with Crippen LogP contribution in [0.3, 0.4) is 0 Å². The highest BCUT2D eigenvalue weighted by atomic mass is 16.5. The predicted octanol–water partition coefficient (Wildman–Crippen LogP) is 2.04. The highest BCUT2D eigenvalue weighted by Gasteiger charge is 2.19. The first-order valence-corrected chi connectivity index (χ1v) is 8.95. The van der Waals surface area contributed by atoms with E-state index < -0.39 is 0 Å². The maximum atomic E-state index is 12.1. The first-order valence-electron chi connectivity index (χ1n) is 8.95. The third-order valence-corrected chi connectivity index (χ3v) is 4.40. The second-order valence-electron chi connectivity index (χ2n) is 6.83. The summed E-state index contributed by atoms with van der Waals surface area (Å²) in [5.41, 5.74) is 2.37. The molecule has 0 radical (unpaired) electrons. The number of nitrogens with zero attached hydrogens (tertiary/aromatic N) is 2. The third kappa shape index (κ3) is 6.55. The summed E-state index contributed by atoms with van der Waals surface area (Å²) in [6.07, 6.45) is 0.865. The molecule has 1 saturated heterocycles. The van der Waals surface area contributed by atoms with Crippen molar-refractivity contribution in [2.24, 2.45) is 0 Å². The molecule has 0 spiro atoms. The summed E-state index contributed by atoms with van der Waals surface area (Å²) in [6, 6.07) is 6.09. The Morgan fingerprint density at radius 2 is 2.24 bits per heavy atom. The lowest BCUT2D eigenvalue weighted by atomic mass is 10.1. The first-order chi connectivity index (χ1) is 12.0. The van der Waals surface area contributed by atoms with E-state index in [1.165, 1.54) is 5.56 Å². The van der Waals surface area contributed by atoms with Crippen LogP contribution in [-0.4, -0.2) is 75.4 Å². The maximum absolute atomic E-state index is 12.1. The van der Waals surface area contributed by atoms with Gasteiger partial charge in [0.15, 0.2) is 0 Å². The zero-order valence-corrected chi connectivity index (χ0v) is 15.9. The zero-order valence-electron chi connectivity index (χ0n) is 15.9. The number of carbonyl (C=O) groups excluding carboxylic acids is 1. The fraction of sp³-hybridized carbons (Fsp3) is 0.632. The fourth-order valence-electron chi connectivity index (χ4n) is 2.87. The van der Waals surface area contributed by atoms with Gasteiger partial charge in [-0.05, 0) is 38.9 Å². The van der Waals surface area contributed by atoms with Gasteiger partial charge in [-0.2, -0.15) is 0 Å². The molecule has 1 heterocycles. The molecular weight excluding hydrogens is 318 g/mol. The van der Waals surface area contributed by atoms with Crippen LogP contribution in [0, 0.1) is 13.8 Å². The summed E-state index contributed by atoms with van der Waals surface area (Å²) < 4.78 is 11.5. The Morgan fingerprint density at radius 3 is 2.96 bits per heavy atom. The van der Waals surface area contributed by atoms with E-state index >= 15 is 0 Å². The summed E-state index contributed by atoms with van der Waals surface area (Å²) in [5.74, 6) is 0.913. The standard InChI is InChI=1S/C19H31N3O3/c1-15-6-7-18(16(2)12-15)25-10-5-8-22(4)19(23)20-13-17-14-21(3)9-11-24-17/h6-7,12,17H,5,8-11,13-14H2,1-4H3,(H,20,23)/t17-/m0/s1. The zero-order chi connectivity index (χ0) is 18.2. The largest absolute Gasteiger partial charge is 0.493 e. The van der Waals surface area contributed by atoms with E-state index in [4.69, 9.17) is 9.47 Å². The van der Waals surface area contributed by atoms with Crippen LogP contribution in [0.5, 0.6) is 5.75 Å². The molecule has 1 N–H and O–H groups in total. The number of rotatable bonds is 7. The molecule has 1 fully saturated rings. The van der Waals surface area contributed by atoms with Gasteiger partial charge in [-0.3, -0.25) is 0 Å². The number of benzene rings is 1. The first kappa shape index (κ1) is 19.5. The molecular formula is C19H31N3O3. The summed E-state index contributed by atoms with van der Waals surface area (Å²) in [5, 5.41) is 2.94. The van der Waals surface area contributed by atoms with Gasteiger partial charge in [0.2, 0.25) is 0 Å². The lowest BCUT2D eigenvalue weighted by Crippen LogP contribution is -2.48. The Bertz CT molecular complexity index is 565. The summed E-state index contributed by atoms with van der Waals surface area (Å²) in [4.78, 5) is 16.0. The lowest BCUT2D eigenvalue weighted by Gasteiger charge is -2.30. The van der Waals surface area contributed by atoms with E-state index in [2.05, 4.69) is 30.3 Å². The van der Waals surface area contributed by atoms with Gasteiger partial charge in [0, 0.05) is 33.2 Å². The molecule has 140 valence electrons. The minimum atomic E-state index is -0.0663.